The maximum atomic E-state index is 13.0. The Balaban J connectivity index is 1.65. The molecule has 0 aliphatic carbocycles. The second-order valence-corrected chi connectivity index (χ2v) is 9.72. The highest BCUT2D eigenvalue weighted by atomic mass is 32.2. The summed E-state index contributed by atoms with van der Waals surface area (Å²) in [6, 6.07) is 12.4. The summed E-state index contributed by atoms with van der Waals surface area (Å²) >= 11 is 0. The summed E-state index contributed by atoms with van der Waals surface area (Å²) < 4.78 is 66.8. The normalized spacial score (nSPS) is 17.3. The van der Waals surface area contributed by atoms with Crippen molar-refractivity contribution >= 4 is 20.0 Å². The van der Waals surface area contributed by atoms with Crippen LogP contribution < -0.4 is 4.72 Å². The zero-order valence-corrected chi connectivity index (χ0v) is 15.5. The minimum absolute atomic E-state index is 0.0298. The highest BCUT2D eigenvalue weighted by molar-refractivity contribution is 7.89. The van der Waals surface area contributed by atoms with Gasteiger partial charge in [-0.1, -0.05) is 18.2 Å². The molecule has 1 heterocycles. The van der Waals surface area contributed by atoms with Gasteiger partial charge in [-0.2, -0.15) is 4.31 Å². The van der Waals surface area contributed by atoms with Crippen molar-refractivity contribution < 1.29 is 21.2 Å². The van der Waals surface area contributed by atoms with Crippen molar-refractivity contribution in [3.05, 3.63) is 60.4 Å². The lowest BCUT2D eigenvalue weighted by Crippen LogP contribution is -2.46. The fraction of sp³-hybridized carbons (Fsp3) is 0.294. The third kappa shape index (κ3) is 4.12. The van der Waals surface area contributed by atoms with Crippen LogP contribution in [0.2, 0.25) is 0 Å². The molecule has 9 heteroatoms. The van der Waals surface area contributed by atoms with Gasteiger partial charge in [-0.05, 0) is 49.2 Å². The molecule has 2 aromatic rings. The molecule has 26 heavy (non-hydrogen) atoms. The van der Waals surface area contributed by atoms with Gasteiger partial charge in [-0.25, -0.2) is 25.9 Å². The highest BCUT2D eigenvalue weighted by Gasteiger charge is 2.31. The summed E-state index contributed by atoms with van der Waals surface area (Å²) in [5.41, 5.74) is 0. The van der Waals surface area contributed by atoms with Crippen LogP contribution in [0, 0.1) is 5.82 Å². The number of nitrogens with zero attached hydrogens (tertiary/aromatic N) is 1. The van der Waals surface area contributed by atoms with E-state index in [2.05, 4.69) is 4.72 Å². The monoisotopic (exact) mass is 398 g/mol. The number of rotatable bonds is 5. The van der Waals surface area contributed by atoms with Gasteiger partial charge in [0.25, 0.3) is 0 Å². The Morgan fingerprint density at radius 1 is 0.846 bits per heavy atom. The van der Waals surface area contributed by atoms with Crippen LogP contribution in [0.5, 0.6) is 0 Å². The van der Waals surface area contributed by atoms with Crippen molar-refractivity contribution in [1.82, 2.24) is 9.03 Å². The first-order chi connectivity index (χ1) is 12.3. The highest BCUT2D eigenvalue weighted by Crippen LogP contribution is 2.22. The molecule has 0 bridgehead atoms. The number of piperidine rings is 1. The standard InChI is InChI=1S/C17H19FN2O4S2/c18-14-6-8-17(9-7-14)26(23,24)20-12-10-15(11-13-20)19-25(21,22)16-4-2-1-3-5-16/h1-9,15,19H,10-13H2. The maximum absolute atomic E-state index is 13.0. The minimum Gasteiger partial charge on any atom is -0.208 e. The van der Waals surface area contributed by atoms with Crippen molar-refractivity contribution in [2.24, 2.45) is 0 Å². The first-order valence-corrected chi connectivity index (χ1v) is 11.0. The van der Waals surface area contributed by atoms with Gasteiger partial charge in [0.2, 0.25) is 20.0 Å². The van der Waals surface area contributed by atoms with Crippen molar-refractivity contribution in [3.63, 3.8) is 0 Å². The number of nitrogens with one attached hydrogen (secondary N) is 1. The van der Waals surface area contributed by atoms with Crippen LogP contribution in [0.15, 0.2) is 64.4 Å². The Kier molecular flexibility index (Phi) is 5.42. The third-order valence-corrected chi connectivity index (χ3v) is 7.73. The molecular weight excluding hydrogens is 379 g/mol. The van der Waals surface area contributed by atoms with Crippen molar-refractivity contribution in [1.29, 1.82) is 0 Å². The smallest absolute Gasteiger partial charge is 0.208 e. The number of hydrogen-bond acceptors (Lipinski definition) is 4. The summed E-state index contributed by atoms with van der Waals surface area (Å²) in [7, 11) is -7.34. The quantitative estimate of drug-likeness (QED) is 0.835. The predicted octanol–water partition coefficient (Wildman–Crippen LogP) is 1.96. The molecule has 0 atom stereocenters. The lowest BCUT2D eigenvalue weighted by atomic mass is 10.1. The van der Waals surface area contributed by atoms with Crippen LogP contribution in [0.1, 0.15) is 12.8 Å². The summed E-state index contributed by atoms with van der Waals surface area (Å²) in [5, 5.41) is 0. The summed E-state index contributed by atoms with van der Waals surface area (Å²) in [6.45, 7) is 0.392. The molecule has 140 valence electrons. The number of sulfonamides is 2. The molecule has 1 N–H and O–H groups in total. The second-order valence-electron chi connectivity index (χ2n) is 6.07. The minimum atomic E-state index is -3.71. The van der Waals surface area contributed by atoms with Crippen LogP contribution >= 0.6 is 0 Å². The van der Waals surface area contributed by atoms with Gasteiger partial charge < -0.3 is 0 Å². The van der Waals surface area contributed by atoms with E-state index in [9.17, 15) is 21.2 Å². The average Bonchev–Trinajstić information content (AvgIpc) is 2.63. The zero-order chi connectivity index (χ0) is 18.8. The molecule has 2 aromatic carbocycles. The molecule has 0 amide bonds. The molecule has 1 aliphatic heterocycles. The van der Waals surface area contributed by atoms with E-state index in [0.717, 1.165) is 12.1 Å². The van der Waals surface area contributed by atoms with Gasteiger partial charge in [0, 0.05) is 19.1 Å². The molecule has 0 aromatic heterocycles. The molecule has 0 radical (unpaired) electrons. The molecule has 1 saturated heterocycles. The number of benzene rings is 2. The largest absolute Gasteiger partial charge is 0.243 e. The van der Waals surface area contributed by atoms with Crippen LogP contribution in [0.3, 0.4) is 0 Å². The molecule has 3 rings (SSSR count). The van der Waals surface area contributed by atoms with Gasteiger partial charge in [-0.15, -0.1) is 0 Å². The fourth-order valence-corrected chi connectivity index (χ4v) is 5.65. The molecular formula is C17H19FN2O4S2. The van der Waals surface area contributed by atoms with Crippen LogP contribution in [0.4, 0.5) is 4.39 Å². The van der Waals surface area contributed by atoms with Gasteiger partial charge in [-0.3, -0.25) is 0 Å². The molecule has 0 unspecified atom stereocenters. The van der Waals surface area contributed by atoms with Gasteiger partial charge in [0.05, 0.1) is 9.79 Å². The van der Waals surface area contributed by atoms with Crippen molar-refractivity contribution in [2.45, 2.75) is 28.7 Å². The second kappa shape index (κ2) is 7.43. The summed E-state index contributed by atoms with van der Waals surface area (Å²) in [6.07, 6.45) is 0.735. The van der Waals surface area contributed by atoms with E-state index in [4.69, 9.17) is 0 Å². The molecule has 0 spiro atoms. The van der Waals surface area contributed by atoms with E-state index in [-0.39, 0.29) is 28.9 Å². The van der Waals surface area contributed by atoms with E-state index in [1.54, 1.807) is 18.2 Å². The Hall–Kier alpha value is -1.81. The van der Waals surface area contributed by atoms with Gasteiger partial charge in [0.15, 0.2) is 0 Å². The Morgan fingerprint density at radius 2 is 1.42 bits per heavy atom. The molecule has 1 aliphatic rings. The lowest BCUT2D eigenvalue weighted by Gasteiger charge is -2.31. The number of hydrogen-bond donors (Lipinski definition) is 1. The topological polar surface area (TPSA) is 83.6 Å². The maximum Gasteiger partial charge on any atom is 0.243 e. The van der Waals surface area contributed by atoms with Crippen molar-refractivity contribution in [3.8, 4) is 0 Å². The Labute approximate surface area is 152 Å². The van der Waals surface area contributed by atoms with E-state index in [0.29, 0.717) is 12.8 Å². The summed E-state index contributed by atoms with van der Waals surface area (Å²) in [4.78, 5) is 0.212. The average molecular weight is 398 g/mol. The SMILES string of the molecule is O=S(=O)(NC1CCN(S(=O)(=O)c2ccc(F)cc2)CC1)c1ccccc1. The van der Waals surface area contributed by atoms with E-state index in [1.165, 1.54) is 28.6 Å². The lowest BCUT2D eigenvalue weighted by molar-refractivity contribution is 0.308. The van der Waals surface area contributed by atoms with E-state index in [1.807, 2.05) is 0 Å². The summed E-state index contributed by atoms with van der Waals surface area (Å²) in [5.74, 6) is -0.502. The fourth-order valence-electron chi connectivity index (χ4n) is 2.86. The zero-order valence-electron chi connectivity index (χ0n) is 13.9. The first kappa shape index (κ1) is 19.0. The Bertz CT molecular complexity index is 954. The van der Waals surface area contributed by atoms with Crippen LogP contribution in [-0.4, -0.2) is 40.3 Å². The van der Waals surface area contributed by atoms with Crippen LogP contribution in [0.25, 0.3) is 0 Å². The van der Waals surface area contributed by atoms with Gasteiger partial charge in [0.1, 0.15) is 5.82 Å². The van der Waals surface area contributed by atoms with Crippen LogP contribution in [-0.2, 0) is 20.0 Å². The van der Waals surface area contributed by atoms with E-state index < -0.39 is 25.9 Å². The van der Waals surface area contributed by atoms with Crippen molar-refractivity contribution in [2.75, 3.05) is 13.1 Å². The molecule has 6 nitrogen and oxygen atoms in total. The van der Waals surface area contributed by atoms with E-state index >= 15 is 0 Å². The molecule has 0 saturated carbocycles. The molecule has 1 fully saturated rings. The Morgan fingerprint density at radius 3 is 2.00 bits per heavy atom. The number of halogens is 1. The van der Waals surface area contributed by atoms with Gasteiger partial charge >= 0.3 is 0 Å². The predicted molar refractivity (Wildman–Crippen MR) is 94.9 cm³/mol. The first-order valence-electron chi connectivity index (χ1n) is 8.12. The third-order valence-electron chi connectivity index (χ3n) is 4.28.